The Hall–Kier alpha value is -1.12. The van der Waals surface area contributed by atoms with Crippen LogP contribution in [0.5, 0.6) is 0 Å². The predicted octanol–water partition coefficient (Wildman–Crippen LogP) is 7.59. The second-order valence-corrected chi connectivity index (χ2v) is 9.18. The molecule has 0 saturated carbocycles. The van der Waals surface area contributed by atoms with Crippen LogP contribution in [0.4, 0.5) is 0 Å². The fraction of sp³-hybridized carbons (Fsp3) is 0.741. The smallest absolute Gasteiger partial charge is 0.104 e. The van der Waals surface area contributed by atoms with Crippen molar-refractivity contribution in [3.05, 3.63) is 34.3 Å². The lowest BCUT2D eigenvalue weighted by molar-refractivity contribution is -0.0502. The molecule has 0 saturated heterocycles. The summed E-state index contributed by atoms with van der Waals surface area (Å²) in [4.78, 5) is 0. The van der Waals surface area contributed by atoms with Gasteiger partial charge in [0.2, 0.25) is 0 Å². The molecule has 1 aromatic rings. The summed E-state index contributed by atoms with van der Waals surface area (Å²) in [6.45, 7) is 3.55. The van der Waals surface area contributed by atoms with Crippen LogP contribution in [0.25, 0.3) is 0 Å². The first-order valence-corrected chi connectivity index (χ1v) is 13.1. The average molecular weight is 466 g/mol. The van der Waals surface area contributed by atoms with E-state index in [2.05, 4.69) is 13.0 Å². The van der Waals surface area contributed by atoms with Crippen LogP contribution in [0.2, 0.25) is 5.02 Å². The zero-order valence-electron chi connectivity index (χ0n) is 20.1. The normalized spacial score (nSPS) is 12.1. The highest BCUT2D eigenvalue weighted by Gasteiger charge is 2.09. The number of nitrogens with zero attached hydrogens (tertiary/aromatic N) is 1. The van der Waals surface area contributed by atoms with Gasteiger partial charge in [-0.1, -0.05) is 102 Å². The van der Waals surface area contributed by atoms with E-state index in [1.165, 1.54) is 83.5 Å². The minimum absolute atomic E-state index is 0.0928. The van der Waals surface area contributed by atoms with E-state index in [1.54, 1.807) is 18.2 Å². The van der Waals surface area contributed by atoms with Gasteiger partial charge in [-0.15, -0.1) is 0 Å². The number of rotatable bonds is 21. The molecule has 0 aliphatic carbocycles. The topological polar surface area (TPSA) is 62.5 Å². The highest BCUT2D eigenvalue weighted by molar-refractivity contribution is 6.30. The highest BCUT2D eigenvalue weighted by atomic mass is 35.5. The van der Waals surface area contributed by atoms with Crippen LogP contribution in [0.15, 0.2) is 18.2 Å². The maximum absolute atomic E-state index is 9.50. The van der Waals surface area contributed by atoms with Crippen LogP contribution in [-0.4, -0.2) is 31.0 Å². The Morgan fingerprint density at radius 2 is 1.44 bits per heavy atom. The van der Waals surface area contributed by atoms with Gasteiger partial charge in [0, 0.05) is 11.6 Å². The SMILES string of the molecule is CCCCCCCCCCCCCCCCOCC(CO)OCc1cc(Cl)cc(C#N)c1. The molecule has 1 unspecified atom stereocenters. The summed E-state index contributed by atoms with van der Waals surface area (Å²) in [7, 11) is 0. The second-order valence-electron chi connectivity index (χ2n) is 8.75. The molecular weight excluding hydrogens is 422 g/mol. The molecule has 4 nitrogen and oxygen atoms in total. The van der Waals surface area contributed by atoms with Gasteiger partial charge >= 0.3 is 0 Å². The summed E-state index contributed by atoms with van der Waals surface area (Å²) < 4.78 is 11.4. The standard InChI is InChI=1S/C27H44ClNO3/c1-2-3-4-5-6-7-8-9-10-11-12-13-14-15-16-31-23-27(21-30)32-22-25-17-24(20-29)18-26(28)19-25/h17-19,27,30H,2-16,21-23H2,1H3. The third kappa shape index (κ3) is 15.6. The van der Waals surface area contributed by atoms with Crippen molar-refractivity contribution in [2.45, 2.75) is 110 Å². The molecule has 0 aliphatic heterocycles. The van der Waals surface area contributed by atoms with Gasteiger partial charge in [0.15, 0.2) is 0 Å². The molecule has 1 aromatic carbocycles. The Kier molecular flexibility index (Phi) is 18.5. The molecule has 0 radical (unpaired) electrons. The first-order valence-electron chi connectivity index (χ1n) is 12.7. The Morgan fingerprint density at radius 3 is 1.97 bits per heavy atom. The van der Waals surface area contributed by atoms with Crippen LogP contribution in [0, 0.1) is 11.3 Å². The second kappa shape index (κ2) is 20.5. The molecule has 0 amide bonds. The summed E-state index contributed by atoms with van der Waals surface area (Å²) in [5.41, 5.74) is 1.32. The molecule has 1 atom stereocenters. The van der Waals surface area contributed by atoms with Crippen LogP contribution in [0.3, 0.4) is 0 Å². The molecular formula is C27H44ClNO3. The van der Waals surface area contributed by atoms with Gasteiger partial charge in [0.1, 0.15) is 6.10 Å². The fourth-order valence-corrected chi connectivity index (χ4v) is 4.04. The molecule has 0 aliphatic rings. The number of halogens is 1. The lowest BCUT2D eigenvalue weighted by atomic mass is 10.0. The first-order chi connectivity index (χ1) is 15.7. The molecule has 1 N–H and O–H groups in total. The summed E-state index contributed by atoms with van der Waals surface area (Å²) in [5, 5.41) is 19.0. The predicted molar refractivity (Wildman–Crippen MR) is 133 cm³/mol. The van der Waals surface area contributed by atoms with E-state index in [9.17, 15) is 5.11 Å². The van der Waals surface area contributed by atoms with E-state index in [-0.39, 0.29) is 12.7 Å². The van der Waals surface area contributed by atoms with Crippen LogP contribution < -0.4 is 0 Å². The number of benzene rings is 1. The molecule has 182 valence electrons. The van der Waals surface area contributed by atoms with Crippen molar-refractivity contribution in [2.75, 3.05) is 19.8 Å². The van der Waals surface area contributed by atoms with Crippen molar-refractivity contribution in [1.29, 1.82) is 5.26 Å². The van der Waals surface area contributed by atoms with Crippen LogP contribution in [0.1, 0.15) is 108 Å². The quantitative estimate of drug-likeness (QED) is 0.190. The van der Waals surface area contributed by atoms with E-state index >= 15 is 0 Å². The van der Waals surface area contributed by atoms with Gasteiger partial charge in [0.25, 0.3) is 0 Å². The third-order valence-electron chi connectivity index (χ3n) is 5.72. The zero-order valence-corrected chi connectivity index (χ0v) is 20.9. The van der Waals surface area contributed by atoms with Crippen molar-refractivity contribution in [2.24, 2.45) is 0 Å². The molecule has 0 bridgehead atoms. The minimum Gasteiger partial charge on any atom is -0.394 e. The lowest BCUT2D eigenvalue weighted by Gasteiger charge is -2.16. The fourth-order valence-electron chi connectivity index (χ4n) is 3.78. The number of aliphatic hydroxyl groups is 1. The number of hydrogen-bond acceptors (Lipinski definition) is 4. The number of unbranched alkanes of at least 4 members (excludes halogenated alkanes) is 13. The summed E-state index contributed by atoms with van der Waals surface area (Å²) in [6, 6.07) is 7.22. The van der Waals surface area contributed by atoms with Gasteiger partial charge < -0.3 is 14.6 Å². The highest BCUT2D eigenvalue weighted by Crippen LogP contribution is 2.16. The Bertz CT molecular complexity index is 617. The molecule has 0 spiro atoms. The van der Waals surface area contributed by atoms with Gasteiger partial charge in [0.05, 0.1) is 31.5 Å². The van der Waals surface area contributed by atoms with E-state index in [4.69, 9.17) is 26.3 Å². The van der Waals surface area contributed by atoms with Crippen LogP contribution in [-0.2, 0) is 16.1 Å². The Balaban J connectivity index is 1.93. The van der Waals surface area contributed by atoms with Crippen LogP contribution >= 0.6 is 11.6 Å². The molecule has 0 fully saturated rings. The van der Waals surface area contributed by atoms with Gasteiger partial charge in [-0.2, -0.15) is 5.26 Å². The maximum Gasteiger partial charge on any atom is 0.104 e. The molecule has 32 heavy (non-hydrogen) atoms. The van der Waals surface area contributed by atoms with Crippen molar-refractivity contribution in [3.8, 4) is 6.07 Å². The zero-order chi connectivity index (χ0) is 23.3. The summed E-state index contributed by atoms with van der Waals surface area (Å²) >= 11 is 6.01. The number of hydrogen-bond donors (Lipinski definition) is 1. The van der Waals surface area contributed by atoms with Crippen molar-refractivity contribution in [1.82, 2.24) is 0 Å². The van der Waals surface area contributed by atoms with Gasteiger partial charge in [-0.05, 0) is 30.2 Å². The molecule has 0 aromatic heterocycles. The number of aliphatic hydroxyl groups excluding tert-OH is 1. The molecule has 1 rings (SSSR count). The third-order valence-corrected chi connectivity index (χ3v) is 5.94. The number of ether oxygens (including phenoxy) is 2. The van der Waals surface area contributed by atoms with Crippen molar-refractivity contribution < 1.29 is 14.6 Å². The van der Waals surface area contributed by atoms with E-state index in [0.29, 0.717) is 30.4 Å². The molecule has 5 heteroatoms. The summed E-state index contributed by atoms with van der Waals surface area (Å²) in [6.07, 6.45) is 18.4. The Morgan fingerprint density at radius 1 is 0.875 bits per heavy atom. The average Bonchev–Trinajstić information content (AvgIpc) is 2.80. The summed E-state index contributed by atoms with van der Waals surface area (Å²) in [5.74, 6) is 0. The largest absolute Gasteiger partial charge is 0.394 e. The number of nitriles is 1. The van der Waals surface area contributed by atoms with Gasteiger partial charge in [-0.25, -0.2) is 0 Å². The first kappa shape index (κ1) is 28.9. The Labute approximate surface area is 201 Å². The van der Waals surface area contributed by atoms with Crippen molar-refractivity contribution in [3.63, 3.8) is 0 Å². The van der Waals surface area contributed by atoms with Crippen molar-refractivity contribution >= 4 is 11.6 Å². The molecule has 0 heterocycles. The monoisotopic (exact) mass is 465 g/mol. The van der Waals surface area contributed by atoms with E-state index in [0.717, 1.165) is 12.0 Å². The minimum atomic E-state index is -0.369. The van der Waals surface area contributed by atoms with E-state index in [1.807, 2.05) is 0 Å². The van der Waals surface area contributed by atoms with E-state index < -0.39 is 0 Å². The maximum atomic E-state index is 9.50. The van der Waals surface area contributed by atoms with Gasteiger partial charge in [-0.3, -0.25) is 0 Å². The lowest BCUT2D eigenvalue weighted by Crippen LogP contribution is -2.24.